The number of thiophene rings is 1. The molecule has 1 aliphatic heterocycles. The van der Waals surface area contributed by atoms with Gasteiger partial charge in [-0.15, -0.1) is 11.3 Å². The Morgan fingerprint density at radius 2 is 2.22 bits per heavy atom. The van der Waals surface area contributed by atoms with E-state index in [0.717, 1.165) is 12.8 Å². The van der Waals surface area contributed by atoms with Crippen LogP contribution in [0.2, 0.25) is 0 Å². The van der Waals surface area contributed by atoms with Gasteiger partial charge in [-0.3, -0.25) is 0 Å². The van der Waals surface area contributed by atoms with Gasteiger partial charge in [0.25, 0.3) is 10.0 Å². The van der Waals surface area contributed by atoms with Crippen molar-refractivity contribution in [3.05, 3.63) is 11.4 Å². The van der Waals surface area contributed by atoms with Gasteiger partial charge in [-0.1, -0.05) is 0 Å². The van der Waals surface area contributed by atoms with Gasteiger partial charge in [0.05, 0.1) is 0 Å². The average Bonchev–Trinajstić information content (AvgIpc) is 2.77. The molecule has 0 bridgehead atoms. The lowest BCUT2D eigenvalue weighted by atomic mass is 10.1. The molecule has 18 heavy (non-hydrogen) atoms. The standard InChI is InChI=1S/C11H19N3O2S2/c1-13(2)10-4-3-5-14(7-10)18(15,16)11-6-9(12)8-17-11/h6,8,10H,3-5,7,12H2,1-2H3. The molecule has 0 radical (unpaired) electrons. The largest absolute Gasteiger partial charge is 0.398 e. The highest BCUT2D eigenvalue weighted by Gasteiger charge is 2.31. The Kier molecular flexibility index (Phi) is 3.96. The van der Waals surface area contributed by atoms with Crippen molar-refractivity contribution in [2.45, 2.75) is 23.1 Å². The minimum atomic E-state index is -3.36. The van der Waals surface area contributed by atoms with Crippen molar-refractivity contribution in [3.8, 4) is 0 Å². The number of piperidine rings is 1. The van der Waals surface area contributed by atoms with E-state index in [-0.39, 0.29) is 0 Å². The van der Waals surface area contributed by atoms with E-state index in [4.69, 9.17) is 5.73 Å². The van der Waals surface area contributed by atoms with Gasteiger partial charge in [-0.25, -0.2) is 8.42 Å². The van der Waals surface area contributed by atoms with Gasteiger partial charge < -0.3 is 10.6 Å². The third-order valence-electron chi connectivity index (χ3n) is 3.28. The van der Waals surface area contributed by atoms with Crippen molar-refractivity contribution in [1.29, 1.82) is 0 Å². The Morgan fingerprint density at radius 1 is 1.50 bits per heavy atom. The summed E-state index contributed by atoms with van der Waals surface area (Å²) >= 11 is 1.19. The lowest BCUT2D eigenvalue weighted by molar-refractivity contribution is 0.190. The molecule has 1 aromatic heterocycles. The number of rotatable bonds is 3. The minimum Gasteiger partial charge on any atom is -0.398 e. The third-order valence-corrected chi connectivity index (χ3v) is 6.58. The maximum absolute atomic E-state index is 12.4. The smallest absolute Gasteiger partial charge is 0.252 e. The maximum atomic E-state index is 12.4. The zero-order valence-electron chi connectivity index (χ0n) is 10.7. The van der Waals surface area contributed by atoms with Gasteiger partial charge in [0, 0.05) is 30.2 Å². The van der Waals surface area contributed by atoms with Crippen LogP contribution in [0.5, 0.6) is 0 Å². The SMILES string of the molecule is CN(C)C1CCCN(S(=O)(=O)c2cc(N)cs2)C1. The van der Waals surface area contributed by atoms with Gasteiger partial charge in [-0.2, -0.15) is 4.31 Å². The molecule has 2 N–H and O–H groups in total. The van der Waals surface area contributed by atoms with Crippen LogP contribution in [-0.2, 0) is 10.0 Å². The summed E-state index contributed by atoms with van der Waals surface area (Å²) in [7, 11) is 0.618. The molecule has 1 saturated heterocycles. The zero-order valence-corrected chi connectivity index (χ0v) is 12.3. The summed E-state index contributed by atoms with van der Waals surface area (Å²) in [5.74, 6) is 0. The molecule has 1 aromatic rings. The van der Waals surface area contributed by atoms with Crippen molar-refractivity contribution in [2.75, 3.05) is 32.9 Å². The molecule has 2 heterocycles. The Balaban J connectivity index is 2.20. The lowest BCUT2D eigenvalue weighted by Gasteiger charge is -2.35. The Labute approximate surface area is 112 Å². The third kappa shape index (κ3) is 2.69. The highest BCUT2D eigenvalue weighted by atomic mass is 32.2. The van der Waals surface area contributed by atoms with Crippen LogP contribution in [0.25, 0.3) is 0 Å². The first kappa shape index (κ1) is 13.8. The van der Waals surface area contributed by atoms with Crippen LogP contribution in [0.1, 0.15) is 12.8 Å². The number of nitrogens with two attached hydrogens (primary N) is 1. The Hall–Kier alpha value is -0.630. The number of anilines is 1. The Bertz CT molecular complexity index is 510. The molecule has 7 heteroatoms. The van der Waals surface area contributed by atoms with E-state index in [0.29, 0.717) is 29.0 Å². The van der Waals surface area contributed by atoms with E-state index < -0.39 is 10.0 Å². The van der Waals surface area contributed by atoms with E-state index >= 15 is 0 Å². The van der Waals surface area contributed by atoms with Crippen LogP contribution in [0.3, 0.4) is 0 Å². The molecule has 0 amide bonds. The molecular weight excluding hydrogens is 270 g/mol. The zero-order chi connectivity index (χ0) is 13.3. The summed E-state index contributed by atoms with van der Waals surface area (Å²) in [5.41, 5.74) is 6.11. The highest BCUT2D eigenvalue weighted by Crippen LogP contribution is 2.27. The van der Waals surface area contributed by atoms with Crippen LogP contribution in [0, 0.1) is 0 Å². The molecule has 1 fully saturated rings. The molecule has 1 atom stereocenters. The molecule has 0 aliphatic carbocycles. The number of hydrogen-bond acceptors (Lipinski definition) is 5. The van der Waals surface area contributed by atoms with Crippen LogP contribution in [0.15, 0.2) is 15.7 Å². The average molecular weight is 289 g/mol. The minimum absolute atomic E-state index is 0.297. The summed E-state index contributed by atoms with van der Waals surface area (Å²) in [6, 6.07) is 1.84. The summed E-state index contributed by atoms with van der Waals surface area (Å²) in [6.45, 7) is 1.16. The number of nitrogens with zero attached hydrogens (tertiary/aromatic N) is 2. The van der Waals surface area contributed by atoms with Crippen molar-refractivity contribution < 1.29 is 8.42 Å². The van der Waals surface area contributed by atoms with Crippen LogP contribution < -0.4 is 5.73 Å². The number of hydrogen-bond donors (Lipinski definition) is 1. The number of sulfonamides is 1. The predicted octanol–water partition coefficient (Wildman–Crippen LogP) is 1.05. The topological polar surface area (TPSA) is 66.6 Å². The normalized spacial score (nSPS) is 22.5. The second-order valence-corrected chi connectivity index (χ2v) is 7.90. The molecule has 1 unspecified atom stereocenters. The fourth-order valence-electron chi connectivity index (χ4n) is 2.15. The first-order valence-corrected chi connectivity index (χ1v) is 8.24. The number of nitrogen functional groups attached to an aromatic ring is 1. The van der Waals surface area contributed by atoms with Crippen LogP contribution >= 0.6 is 11.3 Å². The summed E-state index contributed by atoms with van der Waals surface area (Å²) in [6.07, 6.45) is 1.95. The fraction of sp³-hybridized carbons (Fsp3) is 0.636. The molecule has 1 aliphatic rings. The van der Waals surface area contributed by atoms with Gasteiger partial charge in [0.15, 0.2) is 0 Å². The van der Waals surface area contributed by atoms with E-state index in [9.17, 15) is 8.42 Å². The molecule has 2 rings (SSSR count). The van der Waals surface area contributed by atoms with E-state index in [2.05, 4.69) is 4.90 Å². The van der Waals surface area contributed by atoms with Crippen LogP contribution in [0.4, 0.5) is 5.69 Å². The highest BCUT2D eigenvalue weighted by molar-refractivity contribution is 7.91. The first-order chi connectivity index (χ1) is 8.41. The van der Waals surface area contributed by atoms with Gasteiger partial charge >= 0.3 is 0 Å². The fourth-order valence-corrected chi connectivity index (χ4v) is 4.90. The quantitative estimate of drug-likeness (QED) is 0.903. The molecule has 0 saturated carbocycles. The molecule has 102 valence electrons. The van der Waals surface area contributed by atoms with Gasteiger partial charge in [0.2, 0.25) is 0 Å². The Morgan fingerprint density at radius 3 is 2.78 bits per heavy atom. The maximum Gasteiger partial charge on any atom is 0.252 e. The van der Waals surface area contributed by atoms with Crippen molar-refractivity contribution in [3.63, 3.8) is 0 Å². The monoisotopic (exact) mass is 289 g/mol. The van der Waals surface area contributed by atoms with E-state index in [1.54, 1.807) is 15.8 Å². The predicted molar refractivity (Wildman–Crippen MR) is 74.2 cm³/mol. The van der Waals surface area contributed by atoms with E-state index in [1.165, 1.54) is 11.3 Å². The summed E-state index contributed by atoms with van der Waals surface area (Å²) < 4.78 is 26.8. The van der Waals surface area contributed by atoms with Crippen LogP contribution in [-0.4, -0.2) is 50.8 Å². The van der Waals surface area contributed by atoms with Gasteiger partial charge in [0.1, 0.15) is 4.21 Å². The lowest BCUT2D eigenvalue weighted by Crippen LogP contribution is -2.47. The van der Waals surface area contributed by atoms with Crippen molar-refractivity contribution in [1.82, 2.24) is 9.21 Å². The summed E-state index contributed by atoms with van der Waals surface area (Å²) in [5, 5.41) is 1.67. The van der Waals surface area contributed by atoms with Gasteiger partial charge in [-0.05, 0) is 33.0 Å². The molecule has 0 aromatic carbocycles. The second kappa shape index (κ2) is 5.16. The van der Waals surface area contributed by atoms with Crippen molar-refractivity contribution >= 4 is 27.0 Å². The second-order valence-electron chi connectivity index (χ2n) is 4.82. The first-order valence-electron chi connectivity index (χ1n) is 5.92. The molecular formula is C11H19N3O2S2. The van der Waals surface area contributed by atoms with Crippen molar-refractivity contribution in [2.24, 2.45) is 0 Å². The summed E-state index contributed by atoms with van der Waals surface area (Å²) in [4.78, 5) is 2.09. The molecule has 5 nitrogen and oxygen atoms in total. The number of likely N-dealkylation sites (N-methyl/N-ethyl adjacent to an activating group) is 1. The molecule has 0 spiro atoms. The van der Waals surface area contributed by atoms with E-state index in [1.807, 2.05) is 14.1 Å².